The van der Waals surface area contributed by atoms with E-state index in [1.165, 1.54) is 0 Å². The van der Waals surface area contributed by atoms with E-state index in [0.717, 1.165) is 17.0 Å². The first-order valence-electron chi connectivity index (χ1n) is 7.06. The number of nitrogens with one attached hydrogen (secondary N) is 1. The van der Waals surface area contributed by atoms with E-state index in [-0.39, 0.29) is 0 Å². The van der Waals surface area contributed by atoms with Crippen molar-refractivity contribution in [3.05, 3.63) is 57.0 Å². The van der Waals surface area contributed by atoms with E-state index in [1.807, 2.05) is 24.3 Å². The smallest absolute Gasteiger partial charge is 0.124 e. The van der Waals surface area contributed by atoms with Crippen molar-refractivity contribution >= 4 is 40.5 Å². The van der Waals surface area contributed by atoms with Crippen molar-refractivity contribution in [1.29, 1.82) is 0 Å². The van der Waals surface area contributed by atoms with Gasteiger partial charge in [-0.3, -0.25) is 0 Å². The molecule has 0 aliphatic rings. The summed E-state index contributed by atoms with van der Waals surface area (Å²) < 4.78 is 5.84. The lowest BCUT2D eigenvalue weighted by Gasteiger charge is -2.15. The Hall–Kier alpha value is -1.09. The molecule has 0 saturated carbocycles. The first kappa shape index (κ1) is 17.3. The molecular weight excluding hydrogens is 341 g/mol. The molecule has 0 radical (unpaired) electrons. The average molecular weight is 359 g/mol. The van der Waals surface area contributed by atoms with Crippen LogP contribution < -0.4 is 10.1 Å². The standard InChI is InChI=1S/C17H18Cl3NO/c1-11(2)10-22-17-6-4-3-5-12(17)9-21-16-8-14(19)13(18)7-15(16)20/h3-8,11,21H,9-10H2,1-2H3. The van der Waals surface area contributed by atoms with Crippen LogP contribution in [0.2, 0.25) is 15.1 Å². The van der Waals surface area contributed by atoms with E-state index >= 15 is 0 Å². The zero-order valence-corrected chi connectivity index (χ0v) is 14.8. The summed E-state index contributed by atoms with van der Waals surface area (Å²) in [5, 5.41) is 4.72. The second kappa shape index (κ2) is 7.96. The van der Waals surface area contributed by atoms with E-state index in [9.17, 15) is 0 Å². The average Bonchev–Trinajstić information content (AvgIpc) is 2.48. The van der Waals surface area contributed by atoms with Crippen molar-refractivity contribution in [3.8, 4) is 5.75 Å². The van der Waals surface area contributed by atoms with E-state index < -0.39 is 0 Å². The molecule has 0 fully saturated rings. The van der Waals surface area contributed by atoms with Gasteiger partial charge in [-0.1, -0.05) is 66.8 Å². The van der Waals surface area contributed by atoms with Crippen molar-refractivity contribution in [3.63, 3.8) is 0 Å². The molecule has 0 bridgehead atoms. The fourth-order valence-corrected chi connectivity index (χ4v) is 2.51. The molecule has 0 aromatic heterocycles. The van der Waals surface area contributed by atoms with Crippen LogP contribution in [0.4, 0.5) is 5.69 Å². The maximum atomic E-state index is 6.17. The predicted molar refractivity (Wildman–Crippen MR) is 95.6 cm³/mol. The Morgan fingerprint density at radius 3 is 2.41 bits per heavy atom. The largest absolute Gasteiger partial charge is 0.493 e. The first-order chi connectivity index (χ1) is 10.5. The van der Waals surface area contributed by atoms with Crippen LogP contribution in [-0.2, 0) is 6.54 Å². The molecule has 1 N–H and O–H groups in total. The van der Waals surface area contributed by atoms with Crippen LogP contribution in [0.25, 0.3) is 0 Å². The Morgan fingerprint density at radius 1 is 1.00 bits per heavy atom. The Bertz CT molecular complexity index is 644. The van der Waals surface area contributed by atoms with Gasteiger partial charge in [-0.15, -0.1) is 0 Å². The van der Waals surface area contributed by atoms with Crippen LogP contribution in [0.15, 0.2) is 36.4 Å². The van der Waals surface area contributed by atoms with E-state index in [2.05, 4.69) is 19.2 Å². The predicted octanol–water partition coefficient (Wildman–Crippen LogP) is 6.29. The Kier molecular flexibility index (Phi) is 6.25. The highest BCUT2D eigenvalue weighted by atomic mass is 35.5. The summed E-state index contributed by atoms with van der Waals surface area (Å²) in [4.78, 5) is 0. The lowest BCUT2D eigenvalue weighted by Crippen LogP contribution is -2.08. The molecule has 0 amide bonds. The van der Waals surface area contributed by atoms with E-state index in [1.54, 1.807) is 12.1 Å². The maximum absolute atomic E-state index is 6.17. The highest BCUT2D eigenvalue weighted by Gasteiger charge is 2.08. The van der Waals surface area contributed by atoms with Gasteiger partial charge < -0.3 is 10.1 Å². The fraction of sp³-hybridized carbons (Fsp3) is 0.294. The number of ether oxygens (including phenoxy) is 1. The molecule has 0 spiro atoms. The van der Waals surface area contributed by atoms with Crippen molar-refractivity contribution in [2.24, 2.45) is 5.92 Å². The zero-order valence-electron chi connectivity index (χ0n) is 12.5. The minimum absolute atomic E-state index is 0.442. The van der Waals surface area contributed by atoms with Crippen LogP contribution >= 0.6 is 34.8 Å². The van der Waals surface area contributed by atoms with Crippen molar-refractivity contribution in [1.82, 2.24) is 0 Å². The topological polar surface area (TPSA) is 21.3 Å². The Balaban J connectivity index is 2.10. The van der Waals surface area contributed by atoms with Gasteiger partial charge in [0, 0.05) is 12.1 Å². The highest BCUT2D eigenvalue weighted by molar-refractivity contribution is 6.44. The third-order valence-electron chi connectivity index (χ3n) is 3.02. The van der Waals surface area contributed by atoms with Crippen LogP contribution in [0.3, 0.4) is 0 Å². The molecule has 0 aliphatic carbocycles. The number of anilines is 1. The summed E-state index contributed by atoms with van der Waals surface area (Å²) in [5.74, 6) is 1.35. The summed E-state index contributed by atoms with van der Waals surface area (Å²) >= 11 is 18.1. The summed E-state index contributed by atoms with van der Waals surface area (Å²) in [7, 11) is 0. The summed E-state index contributed by atoms with van der Waals surface area (Å²) in [6.07, 6.45) is 0. The number of para-hydroxylation sites is 1. The number of benzene rings is 2. The van der Waals surface area contributed by atoms with Gasteiger partial charge in [0.2, 0.25) is 0 Å². The summed E-state index contributed by atoms with van der Waals surface area (Å²) in [6, 6.07) is 11.3. The molecule has 0 saturated heterocycles. The summed E-state index contributed by atoms with van der Waals surface area (Å²) in [6.45, 7) is 5.52. The molecule has 0 heterocycles. The number of hydrogen-bond donors (Lipinski definition) is 1. The van der Waals surface area contributed by atoms with Crippen molar-refractivity contribution in [2.75, 3.05) is 11.9 Å². The third-order valence-corrected chi connectivity index (χ3v) is 4.06. The molecule has 0 aliphatic heterocycles. The first-order valence-corrected chi connectivity index (χ1v) is 8.20. The molecule has 5 heteroatoms. The lowest BCUT2D eigenvalue weighted by molar-refractivity contribution is 0.269. The lowest BCUT2D eigenvalue weighted by atomic mass is 10.2. The second-order valence-electron chi connectivity index (χ2n) is 5.41. The monoisotopic (exact) mass is 357 g/mol. The zero-order chi connectivity index (χ0) is 16.1. The van der Waals surface area contributed by atoms with Gasteiger partial charge in [0.25, 0.3) is 0 Å². The minimum Gasteiger partial charge on any atom is -0.493 e. The van der Waals surface area contributed by atoms with Gasteiger partial charge in [0.1, 0.15) is 5.75 Å². The van der Waals surface area contributed by atoms with Gasteiger partial charge >= 0.3 is 0 Å². The molecule has 118 valence electrons. The molecule has 2 aromatic rings. The van der Waals surface area contributed by atoms with Gasteiger partial charge in [0.05, 0.1) is 27.4 Å². The molecule has 0 unspecified atom stereocenters. The van der Waals surface area contributed by atoms with Crippen LogP contribution in [0, 0.1) is 5.92 Å². The molecule has 0 atom stereocenters. The minimum atomic E-state index is 0.442. The Labute approximate surface area is 146 Å². The van der Waals surface area contributed by atoms with Gasteiger partial charge in [-0.25, -0.2) is 0 Å². The fourth-order valence-electron chi connectivity index (χ4n) is 1.90. The molecule has 22 heavy (non-hydrogen) atoms. The Morgan fingerprint density at radius 2 is 1.68 bits per heavy atom. The number of rotatable bonds is 6. The molecule has 2 aromatic carbocycles. The SMILES string of the molecule is CC(C)COc1ccccc1CNc1cc(Cl)c(Cl)cc1Cl. The number of halogens is 3. The van der Waals surface area contributed by atoms with E-state index in [4.69, 9.17) is 39.5 Å². The maximum Gasteiger partial charge on any atom is 0.124 e. The summed E-state index contributed by atoms with van der Waals surface area (Å²) in [5.41, 5.74) is 1.81. The van der Waals surface area contributed by atoms with Gasteiger partial charge in [-0.2, -0.15) is 0 Å². The number of hydrogen-bond acceptors (Lipinski definition) is 2. The van der Waals surface area contributed by atoms with Crippen LogP contribution in [0.1, 0.15) is 19.4 Å². The van der Waals surface area contributed by atoms with Crippen LogP contribution in [-0.4, -0.2) is 6.61 Å². The highest BCUT2D eigenvalue weighted by Crippen LogP contribution is 2.32. The normalized spacial score (nSPS) is 10.8. The molecule has 2 rings (SSSR count). The second-order valence-corrected chi connectivity index (χ2v) is 6.63. The molecular formula is C17H18Cl3NO. The molecule has 2 nitrogen and oxygen atoms in total. The quantitative estimate of drug-likeness (QED) is 0.612. The third kappa shape index (κ3) is 4.70. The van der Waals surface area contributed by atoms with Crippen molar-refractivity contribution in [2.45, 2.75) is 20.4 Å². The van der Waals surface area contributed by atoms with Crippen molar-refractivity contribution < 1.29 is 4.74 Å². The van der Waals surface area contributed by atoms with Gasteiger partial charge in [-0.05, 0) is 24.1 Å². The van der Waals surface area contributed by atoms with Crippen LogP contribution in [0.5, 0.6) is 5.75 Å². The van der Waals surface area contributed by atoms with E-state index in [0.29, 0.717) is 34.1 Å². The van der Waals surface area contributed by atoms with Gasteiger partial charge in [0.15, 0.2) is 0 Å².